The van der Waals surface area contributed by atoms with Crippen LogP contribution in [0, 0.1) is 10.9 Å². The van der Waals surface area contributed by atoms with Gasteiger partial charge in [0.25, 0.3) is 0 Å². The quantitative estimate of drug-likeness (QED) is 0.573. The maximum atomic E-state index is 12.8. The van der Waals surface area contributed by atoms with Gasteiger partial charge in [0.15, 0.2) is 15.5 Å². The zero-order valence-electron chi connectivity index (χ0n) is 15.7. The molecule has 0 saturated carbocycles. The number of amides is 1. The minimum Gasteiger partial charge on any atom is -0.454 e. The summed E-state index contributed by atoms with van der Waals surface area (Å²) in [6, 6.07) is 14.0. The lowest BCUT2D eigenvalue weighted by molar-refractivity contribution is -0.131. The van der Waals surface area contributed by atoms with Gasteiger partial charge in [-0.15, -0.1) is 11.3 Å². The molecule has 0 atom stereocenters. The number of thiazole rings is 1. The minimum atomic E-state index is 0.000489. The number of fused-ring (bicyclic) bond motifs is 1. The summed E-state index contributed by atoms with van der Waals surface area (Å²) in [5, 5.41) is 2.01. The van der Waals surface area contributed by atoms with Gasteiger partial charge < -0.3 is 18.9 Å². The summed E-state index contributed by atoms with van der Waals surface area (Å²) in [5.74, 6) is 1.46. The SMILES string of the molecule is Cc1ccc(-c2csc(=S)n2CC(=O)N(C)Cc2ccc3c(c2)OCO3)cc1. The number of aromatic nitrogens is 1. The molecule has 2 heterocycles. The van der Waals surface area contributed by atoms with Crippen molar-refractivity contribution >= 4 is 29.5 Å². The lowest BCUT2D eigenvalue weighted by Crippen LogP contribution is -2.30. The Morgan fingerprint density at radius 3 is 2.71 bits per heavy atom. The van der Waals surface area contributed by atoms with E-state index in [9.17, 15) is 4.79 Å². The van der Waals surface area contributed by atoms with E-state index in [1.165, 1.54) is 16.9 Å². The number of likely N-dealkylation sites (N-methyl/N-ethyl adjacent to an activating group) is 1. The molecule has 0 saturated heterocycles. The zero-order valence-corrected chi connectivity index (χ0v) is 17.3. The Hall–Kier alpha value is -2.64. The van der Waals surface area contributed by atoms with Crippen LogP contribution in [0.4, 0.5) is 0 Å². The van der Waals surface area contributed by atoms with Crippen molar-refractivity contribution in [1.29, 1.82) is 0 Å². The first-order valence-corrected chi connectivity index (χ1v) is 10.2. The topological polar surface area (TPSA) is 43.7 Å². The Balaban J connectivity index is 1.50. The summed E-state index contributed by atoms with van der Waals surface area (Å²) >= 11 is 6.95. The molecule has 0 aliphatic carbocycles. The van der Waals surface area contributed by atoms with Gasteiger partial charge in [0.05, 0.1) is 5.69 Å². The molecule has 0 fully saturated rings. The fourth-order valence-electron chi connectivity index (χ4n) is 3.09. The second-order valence-electron chi connectivity index (χ2n) is 6.78. The van der Waals surface area contributed by atoms with E-state index in [0.717, 1.165) is 28.3 Å². The van der Waals surface area contributed by atoms with E-state index in [0.29, 0.717) is 10.5 Å². The first-order chi connectivity index (χ1) is 13.5. The predicted molar refractivity (Wildman–Crippen MR) is 112 cm³/mol. The van der Waals surface area contributed by atoms with Crippen molar-refractivity contribution < 1.29 is 14.3 Å². The summed E-state index contributed by atoms with van der Waals surface area (Å²) in [4.78, 5) is 14.6. The summed E-state index contributed by atoms with van der Waals surface area (Å²) in [6.07, 6.45) is 0. The van der Waals surface area contributed by atoms with Crippen LogP contribution >= 0.6 is 23.6 Å². The molecule has 0 bridgehead atoms. The van der Waals surface area contributed by atoms with Crippen molar-refractivity contribution in [1.82, 2.24) is 9.47 Å². The third-order valence-electron chi connectivity index (χ3n) is 4.71. The van der Waals surface area contributed by atoms with Crippen LogP contribution in [0.1, 0.15) is 11.1 Å². The molecule has 4 rings (SSSR count). The standard InChI is InChI=1S/C21H20N2O3S2/c1-14-3-6-16(7-4-14)17-12-28-21(27)23(17)11-20(24)22(2)10-15-5-8-18-19(9-15)26-13-25-18/h3-9,12H,10-11,13H2,1-2H3. The first-order valence-electron chi connectivity index (χ1n) is 8.89. The van der Waals surface area contributed by atoms with Gasteiger partial charge in [-0.2, -0.15) is 0 Å². The van der Waals surface area contributed by atoms with Crippen LogP contribution in [-0.4, -0.2) is 29.2 Å². The van der Waals surface area contributed by atoms with Crippen LogP contribution in [0.3, 0.4) is 0 Å². The summed E-state index contributed by atoms with van der Waals surface area (Å²) in [6.45, 7) is 3.00. The monoisotopic (exact) mass is 412 g/mol. The van der Waals surface area contributed by atoms with Gasteiger partial charge in [-0.1, -0.05) is 35.9 Å². The van der Waals surface area contributed by atoms with Crippen LogP contribution in [0.25, 0.3) is 11.3 Å². The highest BCUT2D eigenvalue weighted by Gasteiger charge is 2.17. The molecule has 1 aliphatic rings. The van der Waals surface area contributed by atoms with Crippen molar-refractivity contribution in [3.63, 3.8) is 0 Å². The van der Waals surface area contributed by atoms with Gasteiger partial charge in [-0.3, -0.25) is 4.79 Å². The second-order valence-corrected chi connectivity index (χ2v) is 8.28. The maximum Gasteiger partial charge on any atom is 0.242 e. The molecule has 2 aromatic carbocycles. The first kappa shape index (κ1) is 18.7. The lowest BCUT2D eigenvalue weighted by atomic mass is 10.1. The van der Waals surface area contributed by atoms with Gasteiger partial charge in [0.2, 0.25) is 12.7 Å². The van der Waals surface area contributed by atoms with Crippen LogP contribution in [0.5, 0.6) is 11.5 Å². The fraction of sp³-hybridized carbons (Fsp3) is 0.238. The number of nitrogens with zero attached hydrogens (tertiary/aromatic N) is 2. The number of ether oxygens (including phenoxy) is 2. The molecule has 0 radical (unpaired) electrons. The van der Waals surface area contributed by atoms with Crippen molar-refractivity contribution in [3.05, 3.63) is 62.9 Å². The Bertz CT molecular complexity index is 1070. The molecule has 28 heavy (non-hydrogen) atoms. The van der Waals surface area contributed by atoms with Crippen molar-refractivity contribution in [2.75, 3.05) is 13.8 Å². The molecular weight excluding hydrogens is 392 g/mol. The molecule has 5 nitrogen and oxygen atoms in total. The number of aryl methyl sites for hydroxylation is 1. The van der Waals surface area contributed by atoms with Gasteiger partial charge in [-0.05, 0) is 42.4 Å². The zero-order chi connectivity index (χ0) is 19.7. The van der Waals surface area contributed by atoms with Gasteiger partial charge >= 0.3 is 0 Å². The van der Waals surface area contributed by atoms with E-state index in [1.54, 1.807) is 11.9 Å². The van der Waals surface area contributed by atoms with Gasteiger partial charge in [0, 0.05) is 19.0 Å². The van der Waals surface area contributed by atoms with Crippen LogP contribution in [0.2, 0.25) is 0 Å². The molecular formula is C21H20N2O3S2. The van der Waals surface area contributed by atoms with Crippen molar-refractivity contribution in [2.45, 2.75) is 20.0 Å². The summed E-state index contributed by atoms with van der Waals surface area (Å²) in [7, 11) is 1.80. The molecule has 1 aliphatic heterocycles. The van der Waals surface area contributed by atoms with E-state index in [1.807, 2.05) is 28.1 Å². The number of hydrogen-bond acceptors (Lipinski definition) is 5. The lowest BCUT2D eigenvalue weighted by Gasteiger charge is -2.19. The van der Waals surface area contributed by atoms with Crippen LogP contribution in [-0.2, 0) is 17.9 Å². The normalized spacial score (nSPS) is 12.2. The molecule has 1 aromatic heterocycles. The van der Waals surface area contributed by atoms with Crippen LogP contribution in [0.15, 0.2) is 47.8 Å². The Morgan fingerprint density at radius 1 is 1.18 bits per heavy atom. The average molecular weight is 413 g/mol. The number of hydrogen-bond donors (Lipinski definition) is 0. The highest BCUT2D eigenvalue weighted by Crippen LogP contribution is 2.32. The van der Waals surface area contributed by atoms with E-state index >= 15 is 0 Å². The Labute approximate surface area is 172 Å². The predicted octanol–water partition coefficient (Wildman–Crippen LogP) is 4.64. The highest BCUT2D eigenvalue weighted by atomic mass is 32.1. The molecule has 0 spiro atoms. The molecule has 3 aromatic rings. The maximum absolute atomic E-state index is 12.8. The largest absolute Gasteiger partial charge is 0.454 e. The number of benzene rings is 2. The molecule has 0 unspecified atom stereocenters. The van der Waals surface area contributed by atoms with Gasteiger partial charge in [0.1, 0.15) is 6.54 Å². The van der Waals surface area contributed by atoms with E-state index in [-0.39, 0.29) is 19.2 Å². The van der Waals surface area contributed by atoms with Crippen molar-refractivity contribution in [3.8, 4) is 22.8 Å². The number of rotatable bonds is 5. The van der Waals surface area contributed by atoms with Crippen molar-refractivity contribution in [2.24, 2.45) is 0 Å². The highest BCUT2D eigenvalue weighted by molar-refractivity contribution is 7.73. The third-order valence-corrected chi connectivity index (χ3v) is 5.98. The Kier molecular flexibility index (Phi) is 5.19. The van der Waals surface area contributed by atoms with Gasteiger partial charge in [-0.25, -0.2) is 0 Å². The molecule has 7 heteroatoms. The van der Waals surface area contributed by atoms with E-state index < -0.39 is 0 Å². The average Bonchev–Trinajstić information content (AvgIpc) is 3.29. The van der Waals surface area contributed by atoms with Crippen LogP contribution < -0.4 is 9.47 Å². The molecule has 144 valence electrons. The smallest absolute Gasteiger partial charge is 0.242 e. The number of carbonyl (C=O) groups is 1. The number of carbonyl (C=O) groups excluding carboxylic acids is 1. The van der Waals surface area contributed by atoms with E-state index in [4.69, 9.17) is 21.7 Å². The fourth-order valence-corrected chi connectivity index (χ4v) is 4.16. The Morgan fingerprint density at radius 2 is 1.93 bits per heavy atom. The van der Waals surface area contributed by atoms with E-state index in [2.05, 4.69) is 31.2 Å². The molecule has 0 N–H and O–H groups in total. The summed E-state index contributed by atoms with van der Waals surface area (Å²) < 4.78 is 13.3. The molecule has 1 amide bonds. The second kappa shape index (κ2) is 7.77. The summed E-state index contributed by atoms with van der Waals surface area (Å²) in [5.41, 5.74) is 4.22. The minimum absolute atomic E-state index is 0.000489. The third kappa shape index (κ3) is 3.81.